The predicted octanol–water partition coefficient (Wildman–Crippen LogP) is 1.02. The second-order valence-electron chi connectivity index (χ2n) is 4.26. The van der Waals surface area contributed by atoms with Gasteiger partial charge in [-0.3, -0.25) is 0 Å². The van der Waals surface area contributed by atoms with E-state index in [0.717, 1.165) is 0 Å². The summed E-state index contributed by atoms with van der Waals surface area (Å²) in [5.74, 6) is 0.516. The molecule has 0 fully saturated rings. The van der Waals surface area contributed by atoms with E-state index in [1.165, 1.54) is 6.07 Å². The Morgan fingerprint density at radius 2 is 1.90 bits per heavy atom. The molecule has 2 N–H and O–H groups in total. The van der Waals surface area contributed by atoms with Crippen LogP contribution in [0.2, 0.25) is 0 Å². The number of halogens is 3. The summed E-state index contributed by atoms with van der Waals surface area (Å²) >= 11 is 0. The van der Waals surface area contributed by atoms with Crippen molar-refractivity contribution in [2.45, 2.75) is 19.5 Å². The molecule has 20 heavy (non-hydrogen) atoms. The minimum atomic E-state index is -4.31. The van der Waals surface area contributed by atoms with Crippen molar-refractivity contribution in [3.8, 4) is 5.75 Å². The molecule has 0 heterocycles. The maximum Gasteiger partial charge on any atom is 0.488 e. The molecule has 0 aliphatic rings. The molecule has 1 aromatic carbocycles. The highest BCUT2D eigenvalue weighted by Gasteiger charge is 2.27. The van der Waals surface area contributed by atoms with Crippen LogP contribution < -0.4 is 10.2 Å². The van der Waals surface area contributed by atoms with Crippen LogP contribution in [0.5, 0.6) is 5.75 Å². The van der Waals surface area contributed by atoms with Crippen molar-refractivity contribution in [3.05, 3.63) is 23.8 Å². The zero-order valence-corrected chi connectivity index (χ0v) is 11.0. The first-order valence-corrected chi connectivity index (χ1v) is 6.03. The molecule has 0 spiro atoms. The largest absolute Gasteiger partial charge is 0.494 e. The van der Waals surface area contributed by atoms with Gasteiger partial charge in [0.2, 0.25) is 0 Å². The van der Waals surface area contributed by atoms with E-state index in [1.807, 2.05) is 0 Å². The summed E-state index contributed by atoms with van der Waals surface area (Å²) in [4.78, 5) is 0. The van der Waals surface area contributed by atoms with Crippen molar-refractivity contribution in [2.24, 2.45) is 0 Å². The molecule has 112 valence electrons. The zero-order valence-electron chi connectivity index (χ0n) is 11.0. The van der Waals surface area contributed by atoms with Crippen molar-refractivity contribution in [3.63, 3.8) is 0 Å². The zero-order chi connectivity index (χ0) is 15.2. The average molecular weight is 292 g/mol. The van der Waals surface area contributed by atoms with Gasteiger partial charge in [0.1, 0.15) is 12.4 Å². The van der Waals surface area contributed by atoms with Crippen LogP contribution in [0.3, 0.4) is 0 Å². The molecule has 1 aromatic rings. The normalized spacial score (nSPS) is 11.5. The highest BCUT2D eigenvalue weighted by Crippen LogP contribution is 2.15. The number of aryl methyl sites for hydroxylation is 1. The van der Waals surface area contributed by atoms with Crippen LogP contribution in [0.15, 0.2) is 18.2 Å². The van der Waals surface area contributed by atoms with E-state index in [9.17, 15) is 13.2 Å². The van der Waals surface area contributed by atoms with Gasteiger partial charge in [-0.15, -0.1) is 0 Å². The molecule has 0 bridgehead atoms. The van der Waals surface area contributed by atoms with Gasteiger partial charge in [0.25, 0.3) is 0 Å². The predicted molar refractivity (Wildman–Crippen MR) is 68.0 cm³/mol. The van der Waals surface area contributed by atoms with E-state index in [2.05, 4.69) is 4.74 Å². The maximum absolute atomic E-state index is 11.8. The minimum absolute atomic E-state index is 0.0358. The van der Waals surface area contributed by atoms with Crippen molar-refractivity contribution in [1.82, 2.24) is 0 Å². The lowest BCUT2D eigenvalue weighted by Gasteiger charge is -2.10. The van der Waals surface area contributed by atoms with Gasteiger partial charge in [0, 0.05) is 6.42 Å². The Labute approximate surface area is 115 Å². The van der Waals surface area contributed by atoms with Crippen LogP contribution in [0.25, 0.3) is 0 Å². The van der Waals surface area contributed by atoms with Crippen molar-refractivity contribution in [1.29, 1.82) is 0 Å². The van der Waals surface area contributed by atoms with E-state index < -0.39 is 19.9 Å². The molecule has 4 nitrogen and oxygen atoms in total. The summed E-state index contributed by atoms with van der Waals surface area (Å²) in [5.41, 5.74) is 1.04. The Balaban J connectivity index is 2.27. The SMILES string of the molecule is Cc1cc(OCCCOCC(F)(F)F)ccc1B(O)O. The van der Waals surface area contributed by atoms with Crippen LogP contribution in [0.4, 0.5) is 13.2 Å². The fourth-order valence-electron chi connectivity index (χ4n) is 1.57. The Morgan fingerprint density at radius 3 is 2.45 bits per heavy atom. The smallest absolute Gasteiger partial charge is 0.488 e. The van der Waals surface area contributed by atoms with Crippen LogP contribution in [-0.4, -0.2) is 43.2 Å². The van der Waals surface area contributed by atoms with E-state index in [0.29, 0.717) is 23.2 Å². The maximum atomic E-state index is 11.8. The van der Waals surface area contributed by atoms with Crippen LogP contribution in [0.1, 0.15) is 12.0 Å². The fraction of sp³-hybridized carbons (Fsp3) is 0.500. The van der Waals surface area contributed by atoms with Gasteiger partial charge in [-0.2, -0.15) is 13.2 Å². The van der Waals surface area contributed by atoms with E-state index >= 15 is 0 Å². The molecule has 0 unspecified atom stereocenters. The molecule has 0 aromatic heterocycles. The highest BCUT2D eigenvalue weighted by atomic mass is 19.4. The van der Waals surface area contributed by atoms with Crippen LogP contribution in [-0.2, 0) is 4.74 Å². The number of alkyl halides is 3. The summed E-state index contributed by atoms with van der Waals surface area (Å²) in [7, 11) is -1.54. The lowest BCUT2D eigenvalue weighted by molar-refractivity contribution is -0.174. The van der Waals surface area contributed by atoms with Crippen LogP contribution >= 0.6 is 0 Å². The molecule has 0 saturated carbocycles. The molecular weight excluding hydrogens is 276 g/mol. The van der Waals surface area contributed by atoms with E-state index in [-0.39, 0.29) is 13.2 Å². The van der Waals surface area contributed by atoms with E-state index in [4.69, 9.17) is 14.8 Å². The number of ether oxygens (including phenoxy) is 2. The van der Waals surface area contributed by atoms with Gasteiger partial charge in [0.05, 0.1) is 13.2 Å². The Bertz CT molecular complexity index is 424. The molecule has 0 atom stereocenters. The number of hydrogen-bond donors (Lipinski definition) is 2. The standard InChI is InChI=1S/C12H16BF3O4/c1-9-7-10(3-4-11(9)13(17)18)20-6-2-5-19-8-12(14,15)16/h3-4,7,17-18H,2,5-6,8H2,1H3. The molecular formula is C12H16BF3O4. The number of rotatable bonds is 7. The molecule has 0 saturated heterocycles. The van der Waals surface area contributed by atoms with Crippen LogP contribution in [0, 0.1) is 6.92 Å². The molecule has 8 heteroatoms. The Kier molecular flexibility index (Phi) is 6.32. The van der Waals surface area contributed by atoms with Gasteiger partial charge >= 0.3 is 13.3 Å². The topological polar surface area (TPSA) is 58.9 Å². The highest BCUT2D eigenvalue weighted by molar-refractivity contribution is 6.59. The first kappa shape index (κ1) is 16.8. The van der Waals surface area contributed by atoms with Gasteiger partial charge in [-0.05, 0) is 30.1 Å². The van der Waals surface area contributed by atoms with Gasteiger partial charge in [-0.25, -0.2) is 0 Å². The summed E-state index contributed by atoms with van der Waals surface area (Å²) in [6, 6.07) is 4.72. The summed E-state index contributed by atoms with van der Waals surface area (Å²) in [6.07, 6.45) is -3.97. The van der Waals surface area contributed by atoms with Crippen molar-refractivity contribution >= 4 is 12.6 Å². The monoisotopic (exact) mass is 292 g/mol. The molecule has 0 aliphatic carbocycles. The van der Waals surface area contributed by atoms with Crippen molar-refractivity contribution < 1.29 is 32.7 Å². The third-order valence-corrected chi connectivity index (χ3v) is 2.49. The minimum Gasteiger partial charge on any atom is -0.494 e. The first-order valence-electron chi connectivity index (χ1n) is 6.03. The van der Waals surface area contributed by atoms with Crippen molar-refractivity contribution in [2.75, 3.05) is 19.8 Å². The van der Waals surface area contributed by atoms with Gasteiger partial charge in [-0.1, -0.05) is 6.07 Å². The summed E-state index contributed by atoms with van der Waals surface area (Å²) < 4.78 is 45.1. The molecule has 0 radical (unpaired) electrons. The summed E-state index contributed by atoms with van der Waals surface area (Å²) in [6.45, 7) is 0.632. The quantitative estimate of drug-likeness (QED) is 0.582. The molecule has 0 aliphatic heterocycles. The number of benzene rings is 1. The Morgan fingerprint density at radius 1 is 1.20 bits per heavy atom. The van der Waals surface area contributed by atoms with Gasteiger partial charge in [0.15, 0.2) is 0 Å². The second kappa shape index (κ2) is 7.51. The second-order valence-corrected chi connectivity index (χ2v) is 4.26. The molecule has 0 amide bonds. The Hall–Kier alpha value is -1.25. The third-order valence-electron chi connectivity index (χ3n) is 2.49. The first-order chi connectivity index (χ1) is 9.29. The van der Waals surface area contributed by atoms with Gasteiger partial charge < -0.3 is 19.5 Å². The fourth-order valence-corrected chi connectivity index (χ4v) is 1.57. The number of hydrogen-bond acceptors (Lipinski definition) is 4. The lowest BCUT2D eigenvalue weighted by atomic mass is 9.77. The summed E-state index contributed by atoms with van der Waals surface area (Å²) in [5, 5.41) is 18.1. The average Bonchev–Trinajstić information content (AvgIpc) is 2.32. The third kappa shape index (κ3) is 6.27. The lowest BCUT2D eigenvalue weighted by Crippen LogP contribution is -2.31. The molecule has 1 rings (SSSR count). The van der Waals surface area contributed by atoms with E-state index in [1.54, 1.807) is 19.1 Å².